The Morgan fingerprint density at radius 1 is 1.36 bits per heavy atom. The molecule has 0 atom stereocenters. The predicted octanol–water partition coefficient (Wildman–Crippen LogP) is 1.45. The highest BCUT2D eigenvalue weighted by molar-refractivity contribution is 7.99. The molecule has 0 radical (unpaired) electrons. The molecule has 0 saturated carbocycles. The van der Waals surface area contributed by atoms with Crippen molar-refractivity contribution in [3.8, 4) is 0 Å². The van der Waals surface area contributed by atoms with Crippen molar-refractivity contribution < 1.29 is 5.11 Å². The monoisotopic (exact) mass is 207 g/mol. The van der Waals surface area contributed by atoms with Crippen molar-refractivity contribution in [2.75, 3.05) is 0 Å². The second-order valence-electron chi connectivity index (χ2n) is 2.62. The van der Waals surface area contributed by atoms with E-state index in [0.717, 1.165) is 15.7 Å². The first-order chi connectivity index (χ1) is 6.90. The number of hydrogen-bond donors (Lipinski definition) is 2. The lowest BCUT2D eigenvalue weighted by Gasteiger charge is -2.02. The van der Waals surface area contributed by atoms with Crippen LogP contribution in [0, 0.1) is 0 Å². The van der Waals surface area contributed by atoms with Crippen LogP contribution in [0.15, 0.2) is 40.9 Å². The van der Waals surface area contributed by atoms with E-state index in [-0.39, 0.29) is 6.61 Å². The fourth-order valence-electron chi connectivity index (χ4n) is 1.03. The zero-order valence-electron chi connectivity index (χ0n) is 7.34. The van der Waals surface area contributed by atoms with E-state index in [9.17, 15) is 0 Å². The van der Waals surface area contributed by atoms with Gasteiger partial charge in [-0.05, 0) is 17.8 Å². The van der Waals surface area contributed by atoms with Crippen molar-refractivity contribution >= 4 is 11.8 Å². The summed E-state index contributed by atoms with van der Waals surface area (Å²) in [5.74, 6) is 0. The molecule has 4 nitrogen and oxygen atoms in total. The van der Waals surface area contributed by atoms with Gasteiger partial charge in [-0.25, -0.2) is 9.97 Å². The molecule has 72 valence electrons. The van der Waals surface area contributed by atoms with E-state index >= 15 is 0 Å². The lowest BCUT2D eigenvalue weighted by molar-refractivity contribution is 0.278. The molecule has 0 fully saturated rings. The number of H-pyrrole nitrogens is 1. The van der Waals surface area contributed by atoms with Crippen molar-refractivity contribution in [3.05, 3.63) is 36.3 Å². The third-order valence-electron chi connectivity index (χ3n) is 1.69. The number of pyridine rings is 1. The Morgan fingerprint density at radius 3 is 3.00 bits per heavy atom. The van der Waals surface area contributed by atoms with Crippen LogP contribution in [0.4, 0.5) is 0 Å². The molecule has 0 unspecified atom stereocenters. The summed E-state index contributed by atoms with van der Waals surface area (Å²) in [7, 11) is 0. The molecule has 2 heterocycles. The molecular weight excluding hydrogens is 198 g/mol. The first-order valence-corrected chi connectivity index (χ1v) is 4.94. The van der Waals surface area contributed by atoms with Gasteiger partial charge in [-0.3, -0.25) is 0 Å². The topological polar surface area (TPSA) is 61.8 Å². The van der Waals surface area contributed by atoms with Crippen LogP contribution in [0.2, 0.25) is 0 Å². The minimum Gasteiger partial charge on any atom is -0.392 e. The van der Waals surface area contributed by atoms with Crippen molar-refractivity contribution in [2.24, 2.45) is 0 Å². The smallest absolute Gasteiger partial charge is 0.171 e. The lowest BCUT2D eigenvalue weighted by atomic mass is 10.3. The SMILES string of the molecule is OCc1cccnc1Sc1ncc[nH]1. The van der Waals surface area contributed by atoms with Crippen molar-refractivity contribution in [2.45, 2.75) is 16.8 Å². The highest BCUT2D eigenvalue weighted by atomic mass is 32.2. The molecule has 2 rings (SSSR count). The van der Waals surface area contributed by atoms with Gasteiger partial charge in [0.15, 0.2) is 5.16 Å². The van der Waals surface area contributed by atoms with Crippen LogP contribution in [0.1, 0.15) is 5.56 Å². The number of aliphatic hydroxyl groups is 1. The summed E-state index contributed by atoms with van der Waals surface area (Å²) in [5, 5.41) is 10.6. The van der Waals surface area contributed by atoms with Crippen LogP contribution in [-0.4, -0.2) is 20.1 Å². The molecular formula is C9H9N3OS. The van der Waals surface area contributed by atoms with Crippen LogP contribution in [-0.2, 0) is 6.61 Å². The largest absolute Gasteiger partial charge is 0.392 e. The van der Waals surface area contributed by atoms with Gasteiger partial charge < -0.3 is 10.1 Å². The number of rotatable bonds is 3. The maximum absolute atomic E-state index is 9.06. The lowest BCUT2D eigenvalue weighted by Crippen LogP contribution is -1.90. The van der Waals surface area contributed by atoms with Gasteiger partial charge in [-0.2, -0.15) is 0 Å². The standard InChI is InChI=1S/C9H9N3OS/c13-6-7-2-1-3-10-8(7)14-9-11-4-5-12-9/h1-5,13H,6H2,(H,11,12). The first kappa shape index (κ1) is 9.23. The number of nitrogens with one attached hydrogen (secondary N) is 1. The summed E-state index contributed by atoms with van der Waals surface area (Å²) < 4.78 is 0. The van der Waals surface area contributed by atoms with Crippen molar-refractivity contribution in [1.29, 1.82) is 0 Å². The van der Waals surface area contributed by atoms with Crippen LogP contribution in [0.5, 0.6) is 0 Å². The second-order valence-corrected chi connectivity index (χ2v) is 3.60. The van der Waals surface area contributed by atoms with Crippen LogP contribution < -0.4 is 0 Å². The molecule has 0 aromatic carbocycles. The molecule has 5 heteroatoms. The maximum Gasteiger partial charge on any atom is 0.171 e. The van der Waals surface area contributed by atoms with Gasteiger partial charge in [-0.1, -0.05) is 6.07 Å². The quantitative estimate of drug-likeness (QED) is 0.799. The Bertz CT molecular complexity index is 402. The average Bonchev–Trinajstić information content (AvgIpc) is 2.71. The number of aromatic nitrogens is 3. The van der Waals surface area contributed by atoms with Crippen molar-refractivity contribution in [1.82, 2.24) is 15.0 Å². The van der Waals surface area contributed by atoms with Gasteiger partial charge in [0.2, 0.25) is 0 Å². The summed E-state index contributed by atoms with van der Waals surface area (Å²) in [6, 6.07) is 3.65. The van der Waals surface area contributed by atoms with Crippen molar-refractivity contribution in [3.63, 3.8) is 0 Å². The van der Waals surface area contributed by atoms with E-state index in [0.29, 0.717) is 0 Å². The van der Waals surface area contributed by atoms with Crippen LogP contribution >= 0.6 is 11.8 Å². The van der Waals surface area contributed by atoms with Gasteiger partial charge in [0.05, 0.1) is 6.61 Å². The molecule has 0 bridgehead atoms. The Hall–Kier alpha value is -1.33. The number of hydrogen-bond acceptors (Lipinski definition) is 4. The summed E-state index contributed by atoms with van der Waals surface area (Å²) in [6.07, 6.45) is 5.14. The summed E-state index contributed by atoms with van der Waals surface area (Å²) in [5.41, 5.74) is 0.814. The third-order valence-corrected chi connectivity index (χ3v) is 2.66. The van der Waals surface area contributed by atoms with Crippen LogP contribution in [0.3, 0.4) is 0 Å². The molecule has 0 aliphatic heterocycles. The summed E-state index contributed by atoms with van der Waals surface area (Å²) in [6.45, 7) is -0.00309. The normalized spacial score (nSPS) is 10.4. The van der Waals surface area contributed by atoms with E-state index in [1.807, 2.05) is 6.07 Å². The molecule has 0 aliphatic rings. The third kappa shape index (κ3) is 1.94. The fraction of sp³-hybridized carbons (Fsp3) is 0.111. The van der Waals surface area contributed by atoms with Gasteiger partial charge in [0, 0.05) is 24.2 Å². The average molecular weight is 207 g/mol. The predicted molar refractivity (Wildman–Crippen MR) is 52.9 cm³/mol. The molecule has 0 aliphatic carbocycles. The number of aliphatic hydroxyl groups excluding tert-OH is 1. The number of aromatic amines is 1. The zero-order valence-corrected chi connectivity index (χ0v) is 8.16. The highest BCUT2D eigenvalue weighted by Gasteiger charge is 2.05. The minimum absolute atomic E-state index is 0.00309. The van der Waals surface area contributed by atoms with Gasteiger partial charge in [0.1, 0.15) is 5.03 Å². The Labute approximate surface area is 85.4 Å². The van der Waals surface area contributed by atoms with E-state index in [4.69, 9.17) is 5.11 Å². The summed E-state index contributed by atoms with van der Waals surface area (Å²) >= 11 is 1.41. The maximum atomic E-state index is 9.06. The first-order valence-electron chi connectivity index (χ1n) is 4.12. The number of imidazole rings is 1. The molecule has 0 amide bonds. The van der Waals surface area contributed by atoms with Crippen LogP contribution in [0.25, 0.3) is 0 Å². The van der Waals surface area contributed by atoms with Gasteiger partial charge in [-0.15, -0.1) is 0 Å². The molecule has 2 aromatic heterocycles. The molecule has 2 N–H and O–H groups in total. The van der Waals surface area contributed by atoms with Gasteiger partial charge >= 0.3 is 0 Å². The number of nitrogens with zero attached hydrogens (tertiary/aromatic N) is 2. The molecule has 0 spiro atoms. The fourth-order valence-corrected chi connectivity index (χ4v) is 1.84. The Kier molecular flexibility index (Phi) is 2.81. The van der Waals surface area contributed by atoms with E-state index in [1.54, 1.807) is 24.7 Å². The molecule has 14 heavy (non-hydrogen) atoms. The Morgan fingerprint density at radius 2 is 2.29 bits per heavy atom. The minimum atomic E-state index is -0.00309. The zero-order chi connectivity index (χ0) is 9.80. The molecule has 2 aromatic rings. The van der Waals surface area contributed by atoms with E-state index in [1.165, 1.54) is 11.8 Å². The second kappa shape index (κ2) is 4.26. The van der Waals surface area contributed by atoms with E-state index < -0.39 is 0 Å². The van der Waals surface area contributed by atoms with E-state index in [2.05, 4.69) is 15.0 Å². The molecule has 0 saturated heterocycles. The highest BCUT2D eigenvalue weighted by Crippen LogP contribution is 2.25. The Balaban J connectivity index is 2.24. The summed E-state index contributed by atoms with van der Waals surface area (Å²) in [4.78, 5) is 11.2. The van der Waals surface area contributed by atoms with Gasteiger partial charge in [0.25, 0.3) is 0 Å².